The van der Waals surface area contributed by atoms with Gasteiger partial charge in [-0.15, -0.1) is 0 Å². The monoisotopic (exact) mass is 384 g/mol. The SMILES string of the molecule is Cn1cc(Nc2ncc3cnn(Cc4cccc(-c5ccncc5)c4)c3n2)cn1.[HH]. The lowest BCUT2D eigenvalue weighted by Crippen LogP contribution is -2.04. The molecule has 0 unspecified atom stereocenters. The molecule has 0 fully saturated rings. The van der Waals surface area contributed by atoms with Gasteiger partial charge in [-0.05, 0) is 34.9 Å². The van der Waals surface area contributed by atoms with Crippen molar-refractivity contribution in [2.75, 3.05) is 5.32 Å². The maximum absolute atomic E-state index is 4.65. The van der Waals surface area contributed by atoms with Gasteiger partial charge in [0, 0.05) is 33.3 Å². The summed E-state index contributed by atoms with van der Waals surface area (Å²) < 4.78 is 3.61. The van der Waals surface area contributed by atoms with Crippen LogP contribution < -0.4 is 5.32 Å². The Morgan fingerprint density at radius 2 is 1.90 bits per heavy atom. The summed E-state index contributed by atoms with van der Waals surface area (Å²) in [5.74, 6) is 0.512. The summed E-state index contributed by atoms with van der Waals surface area (Å²) in [6, 6.07) is 12.4. The third-order valence-corrected chi connectivity index (χ3v) is 4.61. The highest BCUT2D eigenvalue weighted by molar-refractivity contribution is 5.75. The number of nitrogens with one attached hydrogen (secondary N) is 1. The molecule has 8 nitrogen and oxygen atoms in total. The molecule has 0 aliphatic heterocycles. The van der Waals surface area contributed by atoms with Crippen LogP contribution >= 0.6 is 0 Å². The highest BCUT2D eigenvalue weighted by atomic mass is 15.3. The van der Waals surface area contributed by atoms with Crippen molar-refractivity contribution in [1.29, 1.82) is 0 Å². The number of rotatable bonds is 5. The molecule has 0 saturated heterocycles. The van der Waals surface area contributed by atoms with Gasteiger partial charge in [0.15, 0.2) is 5.65 Å². The van der Waals surface area contributed by atoms with E-state index in [1.165, 1.54) is 0 Å². The van der Waals surface area contributed by atoms with E-state index < -0.39 is 0 Å². The fourth-order valence-electron chi connectivity index (χ4n) is 3.22. The lowest BCUT2D eigenvalue weighted by atomic mass is 10.0. The van der Waals surface area contributed by atoms with Crippen molar-refractivity contribution < 1.29 is 1.43 Å². The van der Waals surface area contributed by atoms with Crippen LogP contribution in [-0.2, 0) is 13.6 Å². The van der Waals surface area contributed by atoms with Crippen molar-refractivity contribution in [3.63, 3.8) is 0 Å². The Bertz CT molecular complexity index is 1280. The molecule has 0 amide bonds. The van der Waals surface area contributed by atoms with E-state index >= 15 is 0 Å². The maximum Gasteiger partial charge on any atom is 0.229 e. The van der Waals surface area contributed by atoms with Crippen LogP contribution in [0.4, 0.5) is 11.6 Å². The Labute approximate surface area is 168 Å². The highest BCUT2D eigenvalue weighted by Crippen LogP contribution is 2.21. The minimum atomic E-state index is 0. The van der Waals surface area contributed by atoms with Gasteiger partial charge in [0.05, 0.1) is 30.0 Å². The molecule has 4 heterocycles. The number of nitrogens with zero attached hydrogens (tertiary/aromatic N) is 7. The van der Waals surface area contributed by atoms with E-state index in [4.69, 9.17) is 0 Å². The predicted octanol–water partition coefficient (Wildman–Crippen LogP) is 3.66. The van der Waals surface area contributed by atoms with Crippen molar-refractivity contribution in [3.05, 3.63) is 79.1 Å². The molecule has 5 aromatic rings. The molecule has 0 atom stereocenters. The summed E-state index contributed by atoms with van der Waals surface area (Å²) in [7, 11) is 1.87. The average Bonchev–Trinajstić information content (AvgIpc) is 3.35. The van der Waals surface area contributed by atoms with Crippen LogP contribution in [-0.4, -0.2) is 34.5 Å². The van der Waals surface area contributed by atoms with Gasteiger partial charge in [0.2, 0.25) is 5.95 Å². The average molecular weight is 384 g/mol. The number of fused-ring (bicyclic) bond motifs is 1. The minimum Gasteiger partial charge on any atom is -0.321 e. The molecule has 4 aromatic heterocycles. The Hall–Kier alpha value is -4.07. The lowest BCUT2D eigenvalue weighted by molar-refractivity contribution is 0.704. The number of hydrogen-bond donors (Lipinski definition) is 1. The molecular formula is C21H20N8. The fraction of sp³-hybridized carbons (Fsp3) is 0.0952. The molecule has 0 spiro atoms. The quantitative estimate of drug-likeness (QED) is 0.498. The van der Waals surface area contributed by atoms with Crippen molar-refractivity contribution in [3.8, 4) is 11.1 Å². The summed E-state index contributed by atoms with van der Waals surface area (Å²) in [5, 5.41) is 12.7. The fourth-order valence-corrected chi connectivity index (χ4v) is 3.22. The molecule has 144 valence electrons. The van der Waals surface area contributed by atoms with E-state index in [1.807, 2.05) is 30.1 Å². The molecule has 0 radical (unpaired) electrons. The first-order valence-corrected chi connectivity index (χ1v) is 9.18. The summed E-state index contributed by atoms with van der Waals surface area (Å²) >= 11 is 0. The minimum absolute atomic E-state index is 0. The van der Waals surface area contributed by atoms with Crippen LogP contribution in [0.1, 0.15) is 6.99 Å². The van der Waals surface area contributed by atoms with Gasteiger partial charge in [0.1, 0.15) is 0 Å². The van der Waals surface area contributed by atoms with Gasteiger partial charge < -0.3 is 5.32 Å². The molecule has 0 saturated carbocycles. The van der Waals surface area contributed by atoms with Crippen LogP contribution in [0.15, 0.2) is 73.6 Å². The van der Waals surface area contributed by atoms with Crippen molar-refractivity contribution >= 4 is 22.7 Å². The van der Waals surface area contributed by atoms with Crippen LogP contribution in [0.25, 0.3) is 22.2 Å². The van der Waals surface area contributed by atoms with E-state index in [0.29, 0.717) is 12.5 Å². The number of hydrogen-bond acceptors (Lipinski definition) is 6. The summed E-state index contributed by atoms with van der Waals surface area (Å²) in [4.78, 5) is 13.1. The molecule has 0 bridgehead atoms. The molecule has 5 rings (SSSR count). The summed E-state index contributed by atoms with van der Waals surface area (Å²) in [5.41, 5.74) is 5.04. The zero-order valence-electron chi connectivity index (χ0n) is 15.8. The smallest absolute Gasteiger partial charge is 0.229 e. The molecule has 1 N–H and O–H groups in total. The van der Waals surface area contributed by atoms with E-state index in [-0.39, 0.29) is 1.43 Å². The van der Waals surface area contributed by atoms with Crippen molar-refractivity contribution in [1.82, 2.24) is 34.5 Å². The number of anilines is 2. The molecular weight excluding hydrogens is 364 g/mol. The van der Waals surface area contributed by atoms with Gasteiger partial charge in [-0.3, -0.25) is 9.67 Å². The zero-order valence-corrected chi connectivity index (χ0v) is 15.8. The normalized spacial score (nSPS) is 11.1. The van der Waals surface area contributed by atoms with Crippen LogP contribution in [0.5, 0.6) is 0 Å². The third kappa shape index (κ3) is 3.55. The van der Waals surface area contributed by atoms with Gasteiger partial charge in [-0.25, -0.2) is 9.67 Å². The van der Waals surface area contributed by atoms with Crippen molar-refractivity contribution in [2.24, 2.45) is 7.05 Å². The van der Waals surface area contributed by atoms with E-state index in [9.17, 15) is 0 Å². The molecule has 0 aliphatic carbocycles. The first-order chi connectivity index (χ1) is 14.2. The second-order valence-corrected chi connectivity index (χ2v) is 6.74. The Morgan fingerprint density at radius 1 is 1.00 bits per heavy atom. The second-order valence-electron chi connectivity index (χ2n) is 6.74. The van der Waals surface area contributed by atoms with Gasteiger partial charge >= 0.3 is 0 Å². The van der Waals surface area contributed by atoms with Crippen LogP contribution in [0, 0.1) is 0 Å². The lowest BCUT2D eigenvalue weighted by Gasteiger charge is -2.07. The number of aryl methyl sites for hydroxylation is 1. The summed E-state index contributed by atoms with van der Waals surface area (Å²) in [6.07, 6.45) is 10.8. The molecule has 8 heteroatoms. The molecule has 0 aliphatic rings. The number of pyridine rings is 1. The first kappa shape index (κ1) is 17.1. The predicted molar refractivity (Wildman–Crippen MR) is 113 cm³/mol. The Morgan fingerprint density at radius 3 is 2.72 bits per heavy atom. The molecule has 29 heavy (non-hydrogen) atoms. The summed E-state index contributed by atoms with van der Waals surface area (Å²) in [6.45, 7) is 0.617. The largest absolute Gasteiger partial charge is 0.321 e. The van der Waals surface area contributed by atoms with Gasteiger partial charge in [0.25, 0.3) is 0 Å². The zero-order chi connectivity index (χ0) is 19.6. The van der Waals surface area contributed by atoms with E-state index in [1.54, 1.807) is 35.7 Å². The first-order valence-electron chi connectivity index (χ1n) is 9.18. The Kier molecular flexibility index (Phi) is 4.21. The van der Waals surface area contributed by atoms with E-state index in [0.717, 1.165) is 33.4 Å². The van der Waals surface area contributed by atoms with E-state index in [2.05, 4.69) is 54.7 Å². The van der Waals surface area contributed by atoms with Crippen molar-refractivity contribution in [2.45, 2.75) is 6.54 Å². The van der Waals surface area contributed by atoms with Crippen LogP contribution in [0.3, 0.4) is 0 Å². The third-order valence-electron chi connectivity index (χ3n) is 4.61. The second kappa shape index (κ2) is 7.16. The number of aromatic nitrogens is 7. The van der Waals surface area contributed by atoms with Gasteiger partial charge in [-0.2, -0.15) is 15.2 Å². The number of benzene rings is 1. The van der Waals surface area contributed by atoms with Crippen LogP contribution in [0.2, 0.25) is 0 Å². The maximum atomic E-state index is 4.65. The molecule has 1 aromatic carbocycles. The standard InChI is InChI=1S/C21H18N8.H2/c1-28-14-19(12-24-28)26-21-23-10-18-11-25-29(20(18)27-21)13-15-3-2-4-17(9-15)16-5-7-22-8-6-16;/h2-12,14H,13H2,1H3,(H,23,26,27);1H. The topological polar surface area (TPSA) is 86.3 Å². The van der Waals surface area contributed by atoms with Gasteiger partial charge in [-0.1, -0.05) is 18.2 Å². The highest BCUT2D eigenvalue weighted by Gasteiger charge is 2.09. The Balaban J connectivity index is 0.00000218.